The second-order valence-corrected chi connectivity index (χ2v) is 9.10. The van der Waals surface area contributed by atoms with E-state index in [2.05, 4.69) is 0 Å². The fourth-order valence-corrected chi connectivity index (χ4v) is 6.11. The predicted molar refractivity (Wildman–Crippen MR) is 95.3 cm³/mol. The summed E-state index contributed by atoms with van der Waals surface area (Å²) in [6, 6.07) is 20.8. The van der Waals surface area contributed by atoms with Crippen molar-refractivity contribution in [1.82, 2.24) is 0 Å². The van der Waals surface area contributed by atoms with Gasteiger partial charge in [-0.2, -0.15) is 14.0 Å². The number of fused-ring (bicyclic) bond motifs is 1. The van der Waals surface area contributed by atoms with E-state index in [1.54, 1.807) is 11.3 Å². The average Bonchev–Trinajstić information content (AvgIpc) is 3.16. The van der Waals surface area contributed by atoms with Crippen molar-refractivity contribution in [2.24, 2.45) is 0 Å². The molecule has 0 N–H and O–H groups in total. The predicted octanol–water partition coefficient (Wildman–Crippen LogP) is 1.87. The number of allylic oxidation sites excluding steroid dienone is 1. The van der Waals surface area contributed by atoms with Crippen LogP contribution in [0.3, 0.4) is 0 Å². The molecule has 2 aromatic carbocycles. The van der Waals surface area contributed by atoms with Crippen LogP contribution in [0.1, 0.15) is 16.0 Å². The number of hydrogen-bond acceptors (Lipinski definition) is 5. The van der Waals surface area contributed by atoms with Crippen LogP contribution >= 0.6 is 22.1 Å². The van der Waals surface area contributed by atoms with Gasteiger partial charge in [-0.1, -0.05) is 54.6 Å². The van der Waals surface area contributed by atoms with Gasteiger partial charge in [-0.3, -0.25) is 0 Å². The normalized spacial score (nSPS) is 17.0. The lowest BCUT2D eigenvalue weighted by atomic mass is 10.0. The Morgan fingerprint density at radius 2 is 1.58 bits per heavy atom. The highest BCUT2D eigenvalue weighted by molar-refractivity contribution is 8.12. The Labute approximate surface area is 159 Å². The molecule has 132 valence electrons. The van der Waals surface area contributed by atoms with E-state index in [-0.39, 0.29) is 0 Å². The molecule has 0 fully saturated rings. The summed E-state index contributed by atoms with van der Waals surface area (Å²) in [6.45, 7) is 0. The lowest BCUT2D eigenvalue weighted by molar-refractivity contribution is -1.91. The molecule has 4 nitrogen and oxygen atoms in total. The highest BCUT2D eigenvalue weighted by Gasteiger charge is 2.32. The number of thiophene rings is 1. The molecule has 26 heavy (non-hydrogen) atoms. The van der Waals surface area contributed by atoms with Gasteiger partial charge in [-0.05, 0) is 34.7 Å². The number of rotatable bonds is 4. The van der Waals surface area contributed by atoms with E-state index in [4.69, 9.17) is 3.74 Å². The molecule has 1 aliphatic rings. The van der Waals surface area contributed by atoms with Crippen molar-refractivity contribution in [1.29, 1.82) is 0 Å². The summed E-state index contributed by atoms with van der Waals surface area (Å²) in [6.07, 6.45) is 1.92. The molecule has 1 aromatic heterocycles. The van der Waals surface area contributed by atoms with E-state index in [1.807, 2.05) is 78.2 Å². The molecule has 1 atom stereocenters. The second kappa shape index (κ2) is 7.09. The van der Waals surface area contributed by atoms with Crippen LogP contribution in [0.15, 0.2) is 83.1 Å². The largest absolute Gasteiger partial charge is 0.182 e. The molecule has 0 saturated heterocycles. The fourth-order valence-electron chi connectivity index (χ4n) is 2.81. The molecule has 0 amide bonds. The summed E-state index contributed by atoms with van der Waals surface area (Å²) in [5.41, 5.74) is 2.68. The zero-order valence-electron chi connectivity index (χ0n) is 13.3. The molecule has 0 radical (unpaired) electrons. The molecule has 7 heteroatoms. The quantitative estimate of drug-likeness (QED) is 0.622. The Kier molecular flexibility index (Phi) is 4.81. The second-order valence-electron chi connectivity index (χ2n) is 5.47. The molecule has 1 aliphatic heterocycles. The van der Waals surface area contributed by atoms with Gasteiger partial charge in [0.25, 0.3) is 0 Å². The van der Waals surface area contributed by atoms with Crippen LogP contribution in [0.5, 0.6) is 0 Å². The smallest absolute Gasteiger partial charge is 0.148 e. The summed E-state index contributed by atoms with van der Waals surface area (Å²) in [7, 11) is -5.89. The van der Waals surface area contributed by atoms with Crippen molar-refractivity contribution in [3.63, 3.8) is 0 Å². The average molecular weight is 405 g/mol. The minimum Gasteiger partial charge on any atom is -0.182 e. The number of halogens is 1. The van der Waals surface area contributed by atoms with E-state index in [0.717, 1.165) is 21.6 Å². The maximum atomic E-state index is 11.4. The lowest BCUT2D eigenvalue weighted by Gasteiger charge is -2.22. The minimum atomic E-state index is -4.57. The van der Waals surface area contributed by atoms with Crippen molar-refractivity contribution < 1.29 is 28.0 Å². The summed E-state index contributed by atoms with van der Waals surface area (Å²) >= 11 is 1.60. The van der Waals surface area contributed by atoms with Crippen molar-refractivity contribution in [3.8, 4) is 0 Å². The van der Waals surface area contributed by atoms with Crippen LogP contribution in [0.25, 0.3) is 5.57 Å². The van der Waals surface area contributed by atoms with E-state index < -0.39 is 21.0 Å². The molecule has 3 aromatic rings. The first-order valence-electron chi connectivity index (χ1n) is 7.65. The van der Waals surface area contributed by atoms with Gasteiger partial charge in [0.1, 0.15) is 14.5 Å². The molecule has 0 saturated carbocycles. The van der Waals surface area contributed by atoms with Gasteiger partial charge in [0.2, 0.25) is 0 Å². The Hall–Kier alpha value is -1.77. The molecular weight excluding hydrogens is 392 g/mol. The molecule has 1 unspecified atom stereocenters. The molecule has 0 bridgehead atoms. The monoisotopic (exact) mass is 404 g/mol. The topological polar surface area (TPSA) is 78.4 Å². The van der Waals surface area contributed by atoms with Gasteiger partial charge in [0, 0.05) is 10.5 Å². The zero-order valence-corrected chi connectivity index (χ0v) is 15.7. The van der Waals surface area contributed by atoms with Crippen molar-refractivity contribution >= 4 is 32.5 Å². The first-order chi connectivity index (χ1) is 12.5. The summed E-state index contributed by atoms with van der Waals surface area (Å²) in [5.74, 6) is 0. The van der Waals surface area contributed by atoms with Gasteiger partial charge >= 0.3 is 0 Å². The molecule has 0 aliphatic carbocycles. The van der Waals surface area contributed by atoms with E-state index in [9.17, 15) is 14.0 Å². The highest BCUT2D eigenvalue weighted by Crippen LogP contribution is 2.45. The van der Waals surface area contributed by atoms with Crippen LogP contribution in [0.4, 0.5) is 0 Å². The third-order valence-electron chi connectivity index (χ3n) is 3.84. The maximum Gasteiger partial charge on any atom is 0.148 e. The van der Waals surface area contributed by atoms with Gasteiger partial charge < -0.3 is 0 Å². The van der Waals surface area contributed by atoms with Gasteiger partial charge in [-0.15, -0.1) is 11.3 Å². The first-order valence-corrected chi connectivity index (χ1v) is 10.9. The van der Waals surface area contributed by atoms with Crippen LogP contribution in [-0.4, -0.2) is 4.86 Å². The van der Waals surface area contributed by atoms with Crippen molar-refractivity contribution in [2.75, 3.05) is 0 Å². The Bertz CT molecular complexity index is 990. The van der Waals surface area contributed by atoms with Crippen molar-refractivity contribution in [2.45, 2.75) is 4.90 Å². The molecule has 0 spiro atoms. The summed E-state index contributed by atoms with van der Waals surface area (Å²) < 4.78 is 39.1. The minimum absolute atomic E-state index is 0.666. The summed E-state index contributed by atoms with van der Waals surface area (Å²) in [5, 5.41) is 1.99. The number of benzene rings is 2. The van der Waals surface area contributed by atoms with Crippen LogP contribution in [-0.2, 0) is 3.74 Å². The summed E-state index contributed by atoms with van der Waals surface area (Å²) in [4.78, 5) is 2.42. The third-order valence-corrected chi connectivity index (χ3v) is 7.37. The maximum absolute atomic E-state index is 11.4. The fraction of sp³-hybridized carbons (Fsp3) is 0. The standard InChI is InChI=1S/C19H13ClO4S2/c21-20(22,23)24-26-18-11-5-4-9-15(18)16(17-10-6-12-25-17)13-19(26)14-7-2-1-3-8-14/h1-13H. The Balaban J connectivity index is 2.01. The Morgan fingerprint density at radius 3 is 2.27 bits per heavy atom. The van der Waals surface area contributed by atoms with Crippen LogP contribution in [0.2, 0.25) is 0 Å². The van der Waals surface area contributed by atoms with E-state index in [0.29, 0.717) is 9.76 Å². The SMILES string of the molecule is [O-][Cl+3]([O-])([O-])OS1=C(c2ccccc2)C=C(c2cccs2)c2ccccc21. The third kappa shape index (κ3) is 3.54. The van der Waals surface area contributed by atoms with Crippen molar-refractivity contribution in [3.05, 3.63) is 94.2 Å². The lowest BCUT2D eigenvalue weighted by Crippen LogP contribution is -2.60. The van der Waals surface area contributed by atoms with E-state index >= 15 is 0 Å². The first kappa shape index (κ1) is 17.6. The van der Waals surface area contributed by atoms with E-state index in [1.165, 1.54) is 0 Å². The molecular formula is C19H13ClO4S2. The molecule has 4 rings (SSSR count). The van der Waals surface area contributed by atoms with Gasteiger partial charge in [0.05, 0.1) is 20.0 Å². The van der Waals surface area contributed by atoms with Gasteiger partial charge in [-0.25, -0.2) is 0 Å². The Morgan fingerprint density at radius 1 is 0.846 bits per heavy atom. The van der Waals surface area contributed by atoms with Crippen LogP contribution in [0, 0.1) is 10.2 Å². The van der Waals surface area contributed by atoms with Crippen LogP contribution < -0.4 is 14.0 Å². The zero-order chi connectivity index (χ0) is 18.1. The number of hydrogen-bond donors (Lipinski definition) is 0. The molecule has 2 heterocycles. The highest BCUT2D eigenvalue weighted by atomic mass is 35.7. The van der Waals surface area contributed by atoms with Gasteiger partial charge in [0.15, 0.2) is 0 Å².